The molecule has 3 aliphatic heterocycles. The molecule has 4 atom stereocenters. The van der Waals surface area contributed by atoms with Gasteiger partial charge in [-0.25, -0.2) is 4.90 Å². The fourth-order valence-electron chi connectivity index (χ4n) is 4.19. The van der Waals surface area contributed by atoms with Crippen LogP contribution in [-0.2, 0) is 14.3 Å². The summed E-state index contributed by atoms with van der Waals surface area (Å²) >= 11 is 1.18. The van der Waals surface area contributed by atoms with Crippen molar-refractivity contribution in [1.82, 2.24) is 0 Å². The average Bonchev–Trinajstić information content (AvgIpc) is 3.11. The third-order valence-electron chi connectivity index (χ3n) is 5.13. The van der Waals surface area contributed by atoms with Crippen LogP contribution in [-0.4, -0.2) is 23.0 Å². The summed E-state index contributed by atoms with van der Waals surface area (Å²) in [6.45, 7) is 3.87. The zero-order chi connectivity index (χ0) is 15.0. The van der Waals surface area contributed by atoms with Crippen molar-refractivity contribution in [3.8, 4) is 6.07 Å². The van der Waals surface area contributed by atoms with Crippen LogP contribution in [0.4, 0.5) is 5.00 Å². The number of imide groups is 1. The zero-order valence-corrected chi connectivity index (χ0v) is 12.6. The molecule has 0 saturated carbocycles. The van der Waals surface area contributed by atoms with Gasteiger partial charge in [0.2, 0.25) is 11.8 Å². The van der Waals surface area contributed by atoms with Gasteiger partial charge in [-0.1, -0.05) is 0 Å². The number of amides is 2. The number of thiophene rings is 1. The zero-order valence-electron chi connectivity index (χ0n) is 11.8. The normalized spacial score (nSPS) is 40.7. The fraction of sp³-hybridized carbons (Fsp3) is 0.533. The van der Waals surface area contributed by atoms with Crippen molar-refractivity contribution in [2.45, 2.75) is 37.9 Å². The minimum absolute atomic E-state index is 0.178. The summed E-state index contributed by atoms with van der Waals surface area (Å²) < 4.78 is 6.05. The molecule has 5 nitrogen and oxygen atoms in total. The van der Waals surface area contributed by atoms with E-state index in [-0.39, 0.29) is 11.8 Å². The van der Waals surface area contributed by atoms with Crippen molar-refractivity contribution in [3.05, 3.63) is 17.0 Å². The summed E-state index contributed by atoms with van der Waals surface area (Å²) in [4.78, 5) is 27.3. The Balaban J connectivity index is 1.79. The SMILES string of the molecule is C[C@]12CC[C@](C)(O1)[C@@H]1C(=O)N(c3ccc(C#N)s3)C(=O)[C@H]12. The quantitative estimate of drug-likeness (QED) is 0.745. The number of hydrogen-bond donors (Lipinski definition) is 0. The highest BCUT2D eigenvalue weighted by Gasteiger charge is 2.72. The molecule has 0 radical (unpaired) electrons. The highest BCUT2D eigenvalue weighted by atomic mass is 32.1. The van der Waals surface area contributed by atoms with Crippen molar-refractivity contribution in [1.29, 1.82) is 5.26 Å². The molecule has 3 fully saturated rings. The highest BCUT2D eigenvalue weighted by molar-refractivity contribution is 7.17. The van der Waals surface area contributed by atoms with E-state index < -0.39 is 23.0 Å². The van der Waals surface area contributed by atoms with Crippen LogP contribution in [0.3, 0.4) is 0 Å². The Bertz CT molecular complexity index is 687. The number of nitriles is 1. The van der Waals surface area contributed by atoms with Crippen LogP contribution in [0.5, 0.6) is 0 Å². The Kier molecular flexibility index (Phi) is 2.31. The molecule has 1 aromatic rings. The number of fused-ring (bicyclic) bond motifs is 5. The van der Waals surface area contributed by atoms with Gasteiger partial charge < -0.3 is 4.74 Å². The third kappa shape index (κ3) is 1.43. The first kappa shape index (κ1) is 13.0. The molecule has 2 amide bonds. The van der Waals surface area contributed by atoms with E-state index in [0.717, 1.165) is 12.8 Å². The first-order valence-electron chi connectivity index (χ1n) is 6.97. The highest BCUT2D eigenvalue weighted by Crippen LogP contribution is 2.61. The lowest BCUT2D eigenvalue weighted by molar-refractivity contribution is -0.129. The lowest BCUT2D eigenvalue weighted by atomic mass is 9.69. The summed E-state index contributed by atoms with van der Waals surface area (Å²) in [5.41, 5.74) is -1.06. The van der Waals surface area contributed by atoms with E-state index in [9.17, 15) is 9.59 Å². The Morgan fingerprint density at radius 2 is 1.81 bits per heavy atom. The Morgan fingerprint density at radius 1 is 1.24 bits per heavy atom. The maximum atomic E-state index is 12.8. The number of carbonyl (C=O) groups is 2. The lowest BCUT2D eigenvalue weighted by Gasteiger charge is -2.27. The minimum atomic E-state index is -0.532. The van der Waals surface area contributed by atoms with Crippen LogP contribution in [0.2, 0.25) is 0 Å². The molecule has 0 unspecified atom stereocenters. The van der Waals surface area contributed by atoms with Crippen LogP contribution in [0, 0.1) is 23.2 Å². The van der Waals surface area contributed by atoms with Gasteiger partial charge in [0.05, 0.1) is 23.0 Å². The predicted octanol–water partition coefficient (Wildman–Crippen LogP) is 2.07. The molecule has 21 heavy (non-hydrogen) atoms. The molecule has 108 valence electrons. The van der Waals surface area contributed by atoms with Crippen molar-refractivity contribution >= 4 is 28.2 Å². The Morgan fingerprint density at radius 3 is 2.29 bits per heavy atom. The number of hydrogen-bond acceptors (Lipinski definition) is 5. The average molecular weight is 302 g/mol. The van der Waals surface area contributed by atoms with Gasteiger partial charge in [0, 0.05) is 0 Å². The number of anilines is 1. The minimum Gasteiger partial charge on any atom is -0.367 e. The summed E-state index contributed by atoms with van der Waals surface area (Å²) in [6, 6.07) is 5.36. The molecule has 0 aliphatic carbocycles. The fourth-order valence-corrected chi connectivity index (χ4v) is 5.01. The summed E-state index contributed by atoms with van der Waals surface area (Å²) in [6.07, 6.45) is 1.62. The molecule has 0 spiro atoms. The van der Waals surface area contributed by atoms with E-state index >= 15 is 0 Å². The first-order valence-corrected chi connectivity index (χ1v) is 7.79. The molecule has 1 aromatic heterocycles. The largest absolute Gasteiger partial charge is 0.367 e. The second kappa shape index (κ2) is 3.73. The van der Waals surface area contributed by atoms with Crippen molar-refractivity contribution in [3.63, 3.8) is 0 Å². The first-order chi connectivity index (χ1) is 9.89. The van der Waals surface area contributed by atoms with E-state index in [0.29, 0.717) is 9.88 Å². The van der Waals surface area contributed by atoms with E-state index in [2.05, 4.69) is 0 Å². The van der Waals surface area contributed by atoms with Gasteiger partial charge in [-0.3, -0.25) is 9.59 Å². The Hall–Kier alpha value is -1.71. The van der Waals surface area contributed by atoms with Crippen LogP contribution in [0.25, 0.3) is 0 Å². The summed E-state index contributed by atoms with van der Waals surface area (Å²) in [7, 11) is 0. The second-order valence-corrected chi connectivity index (χ2v) is 7.51. The number of ether oxygens (including phenoxy) is 1. The van der Waals surface area contributed by atoms with Gasteiger partial charge in [-0.2, -0.15) is 5.26 Å². The topological polar surface area (TPSA) is 70.4 Å². The van der Waals surface area contributed by atoms with Crippen molar-refractivity contribution in [2.24, 2.45) is 11.8 Å². The predicted molar refractivity (Wildman–Crippen MR) is 75.6 cm³/mol. The van der Waals surface area contributed by atoms with Crippen LogP contribution in [0.15, 0.2) is 12.1 Å². The molecular formula is C15H14N2O3S. The molecule has 0 aromatic carbocycles. The monoisotopic (exact) mass is 302 g/mol. The van der Waals surface area contributed by atoms with Gasteiger partial charge in [-0.05, 0) is 38.8 Å². The summed E-state index contributed by atoms with van der Waals surface area (Å²) in [5.74, 6) is -1.14. The number of rotatable bonds is 1. The second-order valence-electron chi connectivity index (χ2n) is 6.44. The number of carbonyl (C=O) groups excluding carboxylic acids is 2. The van der Waals surface area contributed by atoms with Crippen LogP contribution < -0.4 is 4.90 Å². The van der Waals surface area contributed by atoms with Gasteiger partial charge in [0.25, 0.3) is 0 Å². The van der Waals surface area contributed by atoms with Gasteiger partial charge in [0.1, 0.15) is 15.9 Å². The smallest absolute Gasteiger partial charge is 0.241 e. The van der Waals surface area contributed by atoms with Crippen molar-refractivity contribution in [2.75, 3.05) is 4.90 Å². The molecule has 3 saturated heterocycles. The van der Waals surface area contributed by atoms with Gasteiger partial charge in [-0.15, -0.1) is 11.3 Å². The number of nitrogens with zero attached hydrogens (tertiary/aromatic N) is 2. The maximum Gasteiger partial charge on any atom is 0.241 e. The molecular weight excluding hydrogens is 288 g/mol. The van der Waals surface area contributed by atoms with E-state index in [1.807, 2.05) is 19.9 Å². The molecule has 2 bridgehead atoms. The van der Waals surface area contributed by atoms with E-state index in [4.69, 9.17) is 10.00 Å². The van der Waals surface area contributed by atoms with Crippen molar-refractivity contribution < 1.29 is 14.3 Å². The lowest BCUT2D eigenvalue weighted by Crippen LogP contribution is -2.40. The maximum absolute atomic E-state index is 12.8. The Labute approximate surface area is 126 Å². The van der Waals surface area contributed by atoms with Crippen LogP contribution >= 0.6 is 11.3 Å². The van der Waals surface area contributed by atoms with Crippen LogP contribution in [0.1, 0.15) is 31.6 Å². The molecule has 0 N–H and O–H groups in total. The standard InChI is InChI=1S/C15H14N2O3S/c1-14-5-6-15(2,20-14)11-10(14)12(18)17(13(11)19)9-4-3-8(7-16)21-9/h3-4,10-11H,5-6H2,1-2H3/t10-,11-,14-,15+/m0/s1. The molecule has 4 heterocycles. The van der Waals surface area contributed by atoms with Gasteiger partial charge >= 0.3 is 0 Å². The van der Waals surface area contributed by atoms with E-state index in [1.54, 1.807) is 12.1 Å². The van der Waals surface area contributed by atoms with E-state index in [1.165, 1.54) is 16.2 Å². The third-order valence-corrected chi connectivity index (χ3v) is 6.10. The summed E-state index contributed by atoms with van der Waals surface area (Å²) in [5, 5.41) is 9.46. The molecule has 4 rings (SSSR count). The molecule has 3 aliphatic rings. The molecule has 6 heteroatoms. The van der Waals surface area contributed by atoms with Gasteiger partial charge in [0.15, 0.2) is 0 Å².